The second-order valence-corrected chi connectivity index (χ2v) is 7.19. The van der Waals surface area contributed by atoms with Crippen molar-refractivity contribution in [2.24, 2.45) is 0 Å². The molecule has 2 aromatic carbocycles. The number of rotatable bonds is 5. The fourth-order valence-corrected chi connectivity index (χ4v) is 4.03. The van der Waals surface area contributed by atoms with Crippen LogP contribution in [0.2, 0.25) is 0 Å². The first kappa shape index (κ1) is 17.5. The van der Waals surface area contributed by atoms with E-state index in [0.29, 0.717) is 16.7 Å². The molecule has 0 N–H and O–H groups in total. The Morgan fingerprint density at radius 1 is 1.04 bits per heavy atom. The summed E-state index contributed by atoms with van der Waals surface area (Å²) in [5, 5.41) is 0. The summed E-state index contributed by atoms with van der Waals surface area (Å²) in [6.45, 7) is 4.94. The predicted molar refractivity (Wildman–Crippen MR) is 105 cm³/mol. The Morgan fingerprint density at radius 3 is 2.58 bits per heavy atom. The van der Waals surface area contributed by atoms with Crippen LogP contribution in [-0.2, 0) is 4.74 Å². The number of carbonyl (C=O) groups is 1. The molecule has 0 amide bonds. The number of halogens is 1. The van der Waals surface area contributed by atoms with Crippen LogP contribution in [0.3, 0.4) is 0 Å². The van der Waals surface area contributed by atoms with Gasteiger partial charge in [-0.25, -0.2) is 0 Å². The van der Waals surface area contributed by atoms with E-state index in [1.165, 1.54) is 0 Å². The highest BCUT2D eigenvalue weighted by molar-refractivity contribution is 9.12. The molecule has 1 aliphatic carbocycles. The summed E-state index contributed by atoms with van der Waals surface area (Å²) in [5.41, 5.74) is 3.63. The molecule has 5 heteroatoms. The van der Waals surface area contributed by atoms with Crippen molar-refractivity contribution in [1.29, 1.82) is 0 Å². The maximum Gasteiger partial charge on any atom is 0.201 e. The Balaban J connectivity index is 1.49. The molecule has 0 saturated carbocycles. The number of morpholine rings is 1. The van der Waals surface area contributed by atoms with Crippen LogP contribution in [-0.4, -0.2) is 50.1 Å². The van der Waals surface area contributed by atoms with Gasteiger partial charge in [-0.15, -0.1) is 0 Å². The zero-order valence-corrected chi connectivity index (χ0v) is 16.0. The minimum Gasteiger partial charge on any atom is -0.492 e. The maximum absolute atomic E-state index is 12.7. The third-order valence-corrected chi connectivity index (χ3v) is 5.52. The third kappa shape index (κ3) is 3.47. The first-order chi connectivity index (χ1) is 12.7. The molecule has 26 heavy (non-hydrogen) atoms. The van der Waals surface area contributed by atoms with E-state index in [9.17, 15) is 4.79 Å². The molecule has 0 bridgehead atoms. The first-order valence-corrected chi connectivity index (χ1v) is 9.60. The van der Waals surface area contributed by atoms with E-state index < -0.39 is 0 Å². The summed E-state index contributed by atoms with van der Waals surface area (Å²) < 4.78 is 11.9. The number of fused-ring (bicyclic) bond motifs is 1. The lowest BCUT2D eigenvalue weighted by atomic mass is 9.99. The molecule has 2 aliphatic rings. The number of Topliss-reactive ketones (excluding diaryl/α,β-unsaturated/α-hetero) is 1. The average molecular weight is 414 g/mol. The number of carbonyl (C=O) groups excluding carboxylic acids is 1. The lowest BCUT2D eigenvalue weighted by Gasteiger charge is -2.26. The van der Waals surface area contributed by atoms with E-state index in [1.807, 2.05) is 48.5 Å². The van der Waals surface area contributed by atoms with Crippen molar-refractivity contribution in [2.75, 3.05) is 39.5 Å². The van der Waals surface area contributed by atoms with Gasteiger partial charge in [0.05, 0.1) is 17.7 Å². The van der Waals surface area contributed by atoms with E-state index >= 15 is 0 Å². The van der Waals surface area contributed by atoms with Gasteiger partial charge in [-0.3, -0.25) is 9.69 Å². The highest BCUT2D eigenvalue weighted by Gasteiger charge is 2.29. The Morgan fingerprint density at radius 2 is 1.81 bits per heavy atom. The molecule has 0 radical (unpaired) electrons. The lowest BCUT2D eigenvalue weighted by Crippen LogP contribution is -2.38. The summed E-state index contributed by atoms with van der Waals surface area (Å²) in [5.74, 6) is 0.748. The van der Waals surface area contributed by atoms with Crippen molar-refractivity contribution in [3.63, 3.8) is 0 Å². The predicted octanol–water partition coefficient (Wildman–Crippen LogP) is 3.75. The normalized spacial score (nSPS) is 17.5. The quantitative estimate of drug-likeness (QED) is 0.747. The van der Waals surface area contributed by atoms with Gasteiger partial charge in [0.1, 0.15) is 12.4 Å². The molecular formula is C21H20BrNO3. The van der Waals surface area contributed by atoms with Crippen LogP contribution in [0.4, 0.5) is 0 Å². The molecular weight excluding hydrogens is 394 g/mol. The zero-order chi connectivity index (χ0) is 17.9. The molecule has 0 unspecified atom stereocenters. The van der Waals surface area contributed by atoms with Gasteiger partial charge >= 0.3 is 0 Å². The van der Waals surface area contributed by atoms with Crippen LogP contribution in [0.5, 0.6) is 5.75 Å². The number of ether oxygens (including phenoxy) is 2. The van der Waals surface area contributed by atoms with Gasteiger partial charge in [-0.1, -0.05) is 30.3 Å². The maximum atomic E-state index is 12.7. The fourth-order valence-electron chi connectivity index (χ4n) is 3.37. The number of hydrogen-bond donors (Lipinski definition) is 0. The van der Waals surface area contributed by atoms with Gasteiger partial charge in [0.25, 0.3) is 0 Å². The number of ketones is 1. The van der Waals surface area contributed by atoms with E-state index in [2.05, 4.69) is 20.8 Å². The summed E-state index contributed by atoms with van der Waals surface area (Å²) in [4.78, 5) is 15.0. The fraction of sp³-hybridized carbons (Fsp3) is 0.286. The Bertz CT molecular complexity index is 842. The van der Waals surface area contributed by atoms with Gasteiger partial charge in [-0.2, -0.15) is 0 Å². The molecule has 2 aromatic rings. The van der Waals surface area contributed by atoms with Crippen LogP contribution < -0.4 is 4.74 Å². The van der Waals surface area contributed by atoms with Gasteiger partial charge < -0.3 is 9.47 Å². The van der Waals surface area contributed by atoms with E-state index in [4.69, 9.17) is 9.47 Å². The van der Waals surface area contributed by atoms with E-state index in [1.54, 1.807) is 0 Å². The second-order valence-electron chi connectivity index (χ2n) is 6.39. The third-order valence-electron chi connectivity index (χ3n) is 4.77. The molecule has 0 aromatic heterocycles. The smallest absolute Gasteiger partial charge is 0.201 e. The largest absolute Gasteiger partial charge is 0.492 e. The van der Waals surface area contributed by atoms with E-state index in [-0.39, 0.29) is 5.78 Å². The molecule has 0 spiro atoms. The van der Waals surface area contributed by atoms with Crippen molar-refractivity contribution in [3.8, 4) is 5.75 Å². The second kappa shape index (κ2) is 7.74. The molecule has 1 saturated heterocycles. The van der Waals surface area contributed by atoms with Gasteiger partial charge in [-0.05, 0) is 45.3 Å². The van der Waals surface area contributed by atoms with Gasteiger partial charge in [0, 0.05) is 30.8 Å². The first-order valence-electron chi connectivity index (χ1n) is 8.81. The van der Waals surface area contributed by atoms with Crippen LogP contribution in [0, 0.1) is 0 Å². The van der Waals surface area contributed by atoms with Crippen molar-refractivity contribution < 1.29 is 14.3 Å². The molecule has 4 nitrogen and oxygen atoms in total. The van der Waals surface area contributed by atoms with Crippen molar-refractivity contribution in [2.45, 2.75) is 0 Å². The van der Waals surface area contributed by atoms with Crippen LogP contribution in [0.15, 0.2) is 53.0 Å². The van der Waals surface area contributed by atoms with Crippen molar-refractivity contribution in [3.05, 3.63) is 69.7 Å². The van der Waals surface area contributed by atoms with Crippen molar-refractivity contribution in [1.82, 2.24) is 4.90 Å². The Labute approximate surface area is 161 Å². The molecule has 1 heterocycles. The lowest BCUT2D eigenvalue weighted by molar-refractivity contribution is 0.0322. The highest BCUT2D eigenvalue weighted by Crippen LogP contribution is 2.41. The molecule has 0 atom stereocenters. The Kier molecular flexibility index (Phi) is 5.20. The van der Waals surface area contributed by atoms with Gasteiger partial charge in [0.15, 0.2) is 0 Å². The summed E-state index contributed by atoms with van der Waals surface area (Å²) >= 11 is 3.49. The minimum absolute atomic E-state index is 0.0116. The molecule has 134 valence electrons. The topological polar surface area (TPSA) is 38.8 Å². The SMILES string of the molecule is O=C1C(Br)=C(c2ccccc2)c2ccc(OCCN3CCOCC3)cc21. The molecule has 1 fully saturated rings. The molecule has 1 aliphatic heterocycles. The summed E-state index contributed by atoms with van der Waals surface area (Å²) in [7, 11) is 0. The average Bonchev–Trinajstić information content (AvgIpc) is 2.94. The summed E-state index contributed by atoms with van der Waals surface area (Å²) in [6, 6.07) is 15.8. The van der Waals surface area contributed by atoms with Crippen molar-refractivity contribution >= 4 is 27.3 Å². The number of hydrogen-bond acceptors (Lipinski definition) is 4. The summed E-state index contributed by atoms with van der Waals surface area (Å²) in [6.07, 6.45) is 0. The number of allylic oxidation sites excluding steroid dienone is 1. The monoisotopic (exact) mass is 413 g/mol. The van der Waals surface area contributed by atoms with E-state index in [0.717, 1.165) is 55.3 Å². The number of nitrogens with zero attached hydrogens (tertiary/aromatic N) is 1. The zero-order valence-electron chi connectivity index (χ0n) is 14.4. The Hall–Kier alpha value is -1.95. The minimum atomic E-state index is 0.0116. The van der Waals surface area contributed by atoms with Crippen LogP contribution >= 0.6 is 15.9 Å². The molecule has 4 rings (SSSR count). The standard InChI is InChI=1S/C21H20BrNO3/c22-20-19(15-4-2-1-3-5-15)17-7-6-16(14-18(17)21(20)24)26-13-10-23-8-11-25-12-9-23/h1-7,14H,8-13H2. The van der Waals surface area contributed by atoms with Gasteiger partial charge in [0.2, 0.25) is 5.78 Å². The number of benzene rings is 2. The van der Waals surface area contributed by atoms with Crippen LogP contribution in [0.25, 0.3) is 5.57 Å². The van der Waals surface area contributed by atoms with Crippen LogP contribution in [0.1, 0.15) is 21.5 Å². The highest BCUT2D eigenvalue weighted by atomic mass is 79.9.